The van der Waals surface area contributed by atoms with Crippen LogP contribution >= 0.6 is 0 Å². The van der Waals surface area contributed by atoms with Gasteiger partial charge in [-0.1, -0.05) is 0 Å². The maximum absolute atomic E-state index is 15.0. The second kappa shape index (κ2) is 13.0. The highest BCUT2D eigenvalue weighted by molar-refractivity contribution is 5.99. The Balaban J connectivity index is 1.29. The molecule has 4 unspecified atom stereocenters. The fraction of sp³-hybridized carbons (Fsp3) is 0.548. The molecule has 0 saturated heterocycles. The molecule has 44 heavy (non-hydrogen) atoms. The number of anilines is 1. The van der Waals surface area contributed by atoms with Crippen molar-refractivity contribution in [3.8, 4) is 11.5 Å². The van der Waals surface area contributed by atoms with E-state index in [0.717, 1.165) is 31.2 Å². The molecule has 3 fully saturated rings. The molecule has 5 rings (SSSR count). The topological polar surface area (TPSA) is 116 Å². The molecular formula is C31H35F4N3O6. The summed E-state index contributed by atoms with van der Waals surface area (Å²) in [5, 5.41) is 5.51. The first-order chi connectivity index (χ1) is 21.0. The van der Waals surface area contributed by atoms with Gasteiger partial charge in [-0.3, -0.25) is 19.4 Å². The van der Waals surface area contributed by atoms with Crippen LogP contribution in [0.25, 0.3) is 0 Å². The zero-order valence-electron chi connectivity index (χ0n) is 24.4. The second-order valence-corrected chi connectivity index (χ2v) is 11.6. The van der Waals surface area contributed by atoms with Crippen molar-refractivity contribution in [1.29, 1.82) is 0 Å². The maximum atomic E-state index is 15.0. The summed E-state index contributed by atoms with van der Waals surface area (Å²) in [7, 11) is 1.31. The quantitative estimate of drug-likeness (QED) is 0.279. The number of carbonyl (C=O) groups excluding carboxylic acids is 3. The molecule has 9 nitrogen and oxygen atoms in total. The third-order valence-electron chi connectivity index (χ3n) is 8.92. The summed E-state index contributed by atoms with van der Waals surface area (Å²) in [5.74, 6) is -3.13. The molecule has 4 atom stereocenters. The van der Waals surface area contributed by atoms with Crippen LogP contribution < -0.4 is 20.1 Å². The number of methoxy groups -OCH3 is 1. The molecule has 3 aliphatic carbocycles. The molecule has 0 aliphatic heterocycles. The fourth-order valence-corrected chi connectivity index (χ4v) is 6.82. The van der Waals surface area contributed by atoms with E-state index in [1.54, 1.807) is 6.92 Å². The van der Waals surface area contributed by atoms with Crippen molar-refractivity contribution in [3.63, 3.8) is 0 Å². The number of benzene rings is 1. The number of ether oxygens (including phenoxy) is 3. The second-order valence-electron chi connectivity index (χ2n) is 11.6. The van der Waals surface area contributed by atoms with Crippen molar-refractivity contribution in [2.75, 3.05) is 19.0 Å². The van der Waals surface area contributed by atoms with Gasteiger partial charge in [-0.15, -0.1) is 0 Å². The van der Waals surface area contributed by atoms with E-state index in [-0.39, 0.29) is 52.6 Å². The average Bonchev–Trinajstić information content (AvgIpc) is 3.60. The minimum atomic E-state index is -4.66. The van der Waals surface area contributed by atoms with Crippen molar-refractivity contribution >= 4 is 23.5 Å². The lowest BCUT2D eigenvalue weighted by Crippen LogP contribution is -2.48. The molecule has 1 aromatic carbocycles. The average molecular weight is 622 g/mol. The van der Waals surface area contributed by atoms with Crippen molar-refractivity contribution in [2.24, 2.45) is 23.7 Å². The summed E-state index contributed by atoms with van der Waals surface area (Å²) in [5.41, 5.74) is -1.14. The van der Waals surface area contributed by atoms with Crippen molar-refractivity contribution in [3.05, 3.63) is 47.5 Å². The fourth-order valence-electron chi connectivity index (χ4n) is 6.82. The van der Waals surface area contributed by atoms with Crippen LogP contribution in [0, 0.1) is 29.5 Å². The first kappa shape index (κ1) is 31.5. The highest BCUT2D eigenvalue weighted by atomic mass is 19.4. The number of alkyl halides is 3. The summed E-state index contributed by atoms with van der Waals surface area (Å²) in [4.78, 5) is 42.3. The Bertz CT molecular complexity index is 1390. The van der Waals surface area contributed by atoms with Crippen LogP contribution in [0.2, 0.25) is 0 Å². The number of fused-ring (bicyclic) bond motifs is 2. The van der Waals surface area contributed by atoms with E-state index in [1.165, 1.54) is 19.2 Å². The smallest absolute Gasteiger partial charge is 0.433 e. The van der Waals surface area contributed by atoms with Crippen LogP contribution in [-0.2, 0) is 20.5 Å². The van der Waals surface area contributed by atoms with Gasteiger partial charge < -0.3 is 24.8 Å². The van der Waals surface area contributed by atoms with Gasteiger partial charge in [-0.25, -0.2) is 4.39 Å². The van der Waals surface area contributed by atoms with E-state index in [1.807, 2.05) is 0 Å². The van der Waals surface area contributed by atoms with Crippen LogP contribution in [0.3, 0.4) is 0 Å². The Morgan fingerprint density at radius 1 is 1.00 bits per heavy atom. The van der Waals surface area contributed by atoms with Gasteiger partial charge in [0, 0.05) is 24.0 Å². The Kier molecular flexibility index (Phi) is 9.31. The number of hydrogen-bond donors (Lipinski definition) is 2. The Morgan fingerprint density at radius 3 is 2.41 bits per heavy atom. The number of aromatic nitrogens is 1. The monoisotopic (exact) mass is 621 g/mol. The van der Waals surface area contributed by atoms with Gasteiger partial charge in [-0.2, -0.15) is 13.2 Å². The number of nitrogens with zero attached hydrogens (tertiary/aromatic N) is 1. The van der Waals surface area contributed by atoms with Gasteiger partial charge in [0.15, 0.2) is 11.6 Å². The molecule has 2 amide bonds. The predicted molar refractivity (Wildman–Crippen MR) is 149 cm³/mol. The molecule has 0 radical (unpaired) electrons. The van der Waals surface area contributed by atoms with Crippen molar-refractivity contribution in [2.45, 2.75) is 70.2 Å². The van der Waals surface area contributed by atoms with Gasteiger partial charge in [0.1, 0.15) is 11.4 Å². The number of esters is 1. The molecule has 1 aromatic heterocycles. The number of hydrogen-bond acceptors (Lipinski definition) is 7. The minimum Gasteiger partial charge on any atom is -0.496 e. The number of nitrogens with one attached hydrogen (secondary N) is 2. The molecule has 13 heteroatoms. The molecule has 2 bridgehead atoms. The van der Waals surface area contributed by atoms with Crippen molar-refractivity contribution in [1.82, 2.24) is 10.3 Å². The lowest BCUT2D eigenvalue weighted by atomic mass is 9.83. The highest BCUT2D eigenvalue weighted by Crippen LogP contribution is 2.49. The third kappa shape index (κ3) is 6.76. The van der Waals surface area contributed by atoms with E-state index in [4.69, 9.17) is 14.2 Å². The summed E-state index contributed by atoms with van der Waals surface area (Å²) in [6, 6.07) is 3.82. The van der Waals surface area contributed by atoms with E-state index in [0.29, 0.717) is 38.7 Å². The standard InChI is InChI=1S/C31H35F4N3O6/c1-3-43-30(41)16-6-8-20(9-7-16)44-24-14-21(23(42-2)15-22(24)32)28(39)38-27-18-5-4-17(12-18)26(27)29(40)37-19-10-11-36-25(13-19)31(33,34)35/h10-11,13-18,20,26-27H,3-9,12H2,1-2H3,(H,38,39)(H,36,37,40). The molecule has 0 spiro atoms. The SMILES string of the molecule is CCOC(=O)C1CCC(Oc2cc(C(=O)NC3C4CCC(C4)C3C(=O)Nc3ccnc(C(F)(F)F)c3)c(OC)cc2F)CC1. The first-order valence-corrected chi connectivity index (χ1v) is 14.8. The number of pyridine rings is 1. The summed E-state index contributed by atoms with van der Waals surface area (Å²) < 4.78 is 70.7. The molecule has 3 saturated carbocycles. The maximum Gasteiger partial charge on any atom is 0.433 e. The van der Waals surface area contributed by atoms with Gasteiger partial charge in [-0.05, 0) is 81.9 Å². The van der Waals surface area contributed by atoms with Gasteiger partial charge in [0.05, 0.1) is 37.2 Å². The Morgan fingerprint density at radius 2 is 1.73 bits per heavy atom. The summed E-state index contributed by atoms with van der Waals surface area (Å²) >= 11 is 0. The Hall–Kier alpha value is -3.90. The zero-order chi connectivity index (χ0) is 31.6. The van der Waals surface area contributed by atoms with Crippen molar-refractivity contribution < 1.29 is 46.2 Å². The van der Waals surface area contributed by atoms with E-state index < -0.39 is 41.5 Å². The summed E-state index contributed by atoms with van der Waals surface area (Å²) in [6.07, 6.45) is 0.305. The molecule has 2 aromatic rings. The van der Waals surface area contributed by atoms with Crippen LogP contribution in [-0.4, -0.2) is 48.6 Å². The summed E-state index contributed by atoms with van der Waals surface area (Å²) in [6.45, 7) is 2.05. The molecule has 3 aliphatic rings. The first-order valence-electron chi connectivity index (χ1n) is 14.8. The van der Waals surface area contributed by atoms with Crippen LogP contribution in [0.5, 0.6) is 11.5 Å². The third-order valence-corrected chi connectivity index (χ3v) is 8.92. The molecule has 1 heterocycles. The van der Waals surface area contributed by atoms with Crippen LogP contribution in [0.1, 0.15) is 67.9 Å². The van der Waals surface area contributed by atoms with Gasteiger partial charge >= 0.3 is 12.1 Å². The lowest BCUT2D eigenvalue weighted by Gasteiger charge is -2.31. The molecule has 2 N–H and O–H groups in total. The van der Waals surface area contributed by atoms with E-state index in [9.17, 15) is 27.6 Å². The van der Waals surface area contributed by atoms with Gasteiger partial charge in [0.2, 0.25) is 5.91 Å². The lowest BCUT2D eigenvalue weighted by molar-refractivity contribution is -0.149. The van der Waals surface area contributed by atoms with Gasteiger partial charge in [0.25, 0.3) is 5.91 Å². The van der Waals surface area contributed by atoms with Crippen LogP contribution in [0.15, 0.2) is 30.5 Å². The number of halogens is 4. The van der Waals surface area contributed by atoms with E-state index in [2.05, 4.69) is 15.6 Å². The highest BCUT2D eigenvalue weighted by Gasteiger charge is 2.51. The zero-order valence-corrected chi connectivity index (χ0v) is 24.4. The Labute approximate surface area is 252 Å². The molecule has 238 valence electrons. The largest absolute Gasteiger partial charge is 0.496 e. The number of carbonyl (C=O) groups is 3. The number of amides is 2. The molecular weight excluding hydrogens is 586 g/mol. The van der Waals surface area contributed by atoms with Crippen LogP contribution in [0.4, 0.5) is 23.2 Å². The van der Waals surface area contributed by atoms with E-state index >= 15 is 4.39 Å². The minimum absolute atomic E-state index is 0.000349. The number of rotatable bonds is 9. The predicted octanol–water partition coefficient (Wildman–Crippen LogP) is 5.53. The normalized spacial score (nSPS) is 26.1.